The molecule has 0 saturated carbocycles. The topological polar surface area (TPSA) is 32.3 Å². The summed E-state index contributed by atoms with van der Waals surface area (Å²) in [6, 6.07) is 10.9. The molecule has 1 aliphatic heterocycles. The Hall–Kier alpha value is -1.94. The van der Waals surface area contributed by atoms with Crippen molar-refractivity contribution in [1.82, 2.24) is 14.9 Å². The minimum atomic E-state index is 0.596. The first-order chi connectivity index (χ1) is 11.3. The van der Waals surface area contributed by atoms with E-state index in [4.69, 9.17) is 0 Å². The second kappa shape index (κ2) is 6.28. The van der Waals surface area contributed by atoms with Crippen molar-refractivity contribution >= 4 is 5.82 Å². The summed E-state index contributed by atoms with van der Waals surface area (Å²) in [4.78, 5) is 14.1. The third-order valence-corrected chi connectivity index (χ3v) is 5.27. The fourth-order valence-corrected chi connectivity index (χ4v) is 3.82. The summed E-state index contributed by atoms with van der Waals surface area (Å²) in [5.74, 6) is 1.79. The molecule has 120 valence electrons. The molecular weight excluding hydrogens is 284 g/mol. The van der Waals surface area contributed by atoms with Gasteiger partial charge in [-0.3, -0.25) is 0 Å². The number of hydrogen-bond donors (Lipinski definition) is 0. The maximum Gasteiger partial charge on any atom is 0.135 e. The van der Waals surface area contributed by atoms with Crippen LogP contribution in [0.3, 0.4) is 0 Å². The summed E-state index contributed by atoms with van der Waals surface area (Å²) >= 11 is 0. The third kappa shape index (κ3) is 2.95. The number of benzene rings is 1. The van der Waals surface area contributed by atoms with E-state index in [1.165, 1.54) is 29.1 Å². The summed E-state index contributed by atoms with van der Waals surface area (Å²) in [5.41, 5.74) is 4.09. The van der Waals surface area contributed by atoms with Gasteiger partial charge >= 0.3 is 0 Å². The predicted molar refractivity (Wildman–Crippen MR) is 93.0 cm³/mol. The van der Waals surface area contributed by atoms with E-state index in [1.54, 1.807) is 6.33 Å². The lowest BCUT2D eigenvalue weighted by atomic mass is 9.82. The van der Waals surface area contributed by atoms with Crippen molar-refractivity contribution in [3.05, 3.63) is 53.5 Å². The Kier molecular flexibility index (Phi) is 4.00. The molecule has 1 atom stereocenters. The highest BCUT2D eigenvalue weighted by Gasteiger charge is 2.26. The molecule has 1 fully saturated rings. The van der Waals surface area contributed by atoms with E-state index in [1.807, 2.05) is 0 Å². The quantitative estimate of drug-likeness (QED) is 0.853. The Bertz CT molecular complexity index is 662. The molecule has 4 heteroatoms. The summed E-state index contributed by atoms with van der Waals surface area (Å²) in [5, 5.41) is 0. The standard InChI is InChI=1S/C19H24N4/c1-22-9-11-23(12-10-22)19-17-8-7-16(13-18(17)20-14-21-19)15-5-3-2-4-6-15/h2-6,14,16H,7-13H2,1H3. The molecule has 1 saturated heterocycles. The number of likely N-dealkylation sites (N-methyl/N-ethyl adjacent to an activating group) is 1. The lowest BCUT2D eigenvalue weighted by Gasteiger charge is -2.35. The highest BCUT2D eigenvalue weighted by atomic mass is 15.3. The summed E-state index contributed by atoms with van der Waals surface area (Å²) in [6.45, 7) is 4.38. The van der Waals surface area contributed by atoms with Crippen LogP contribution in [0, 0.1) is 0 Å². The van der Waals surface area contributed by atoms with Gasteiger partial charge < -0.3 is 9.80 Å². The average Bonchev–Trinajstić information content (AvgIpc) is 2.62. The molecule has 4 nitrogen and oxygen atoms in total. The van der Waals surface area contributed by atoms with Crippen molar-refractivity contribution < 1.29 is 0 Å². The van der Waals surface area contributed by atoms with Crippen molar-refractivity contribution in [3.8, 4) is 0 Å². The third-order valence-electron chi connectivity index (χ3n) is 5.27. The van der Waals surface area contributed by atoms with Crippen LogP contribution in [0.1, 0.15) is 29.2 Å². The molecule has 0 N–H and O–H groups in total. The number of fused-ring (bicyclic) bond motifs is 1. The van der Waals surface area contributed by atoms with Crippen molar-refractivity contribution in [2.24, 2.45) is 0 Å². The first-order valence-electron chi connectivity index (χ1n) is 8.62. The Morgan fingerprint density at radius 3 is 2.57 bits per heavy atom. The lowest BCUT2D eigenvalue weighted by molar-refractivity contribution is 0.311. The number of anilines is 1. The molecule has 1 aromatic carbocycles. The zero-order valence-corrected chi connectivity index (χ0v) is 13.8. The van der Waals surface area contributed by atoms with Crippen LogP contribution < -0.4 is 4.90 Å². The van der Waals surface area contributed by atoms with Gasteiger partial charge in [-0.25, -0.2) is 9.97 Å². The van der Waals surface area contributed by atoms with Gasteiger partial charge in [-0.15, -0.1) is 0 Å². The SMILES string of the molecule is CN1CCN(c2ncnc3c2CCC(c2ccccc2)C3)CC1. The maximum atomic E-state index is 4.63. The van der Waals surface area contributed by atoms with E-state index in [-0.39, 0.29) is 0 Å². The first kappa shape index (κ1) is 14.6. The molecule has 23 heavy (non-hydrogen) atoms. The highest BCUT2D eigenvalue weighted by molar-refractivity contribution is 5.50. The van der Waals surface area contributed by atoms with Gasteiger partial charge in [0.2, 0.25) is 0 Å². The van der Waals surface area contributed by atoms with Crippen LogP contribution in [0.4, 0.5) is 5.82 Å². The Labute approximate surface area is 138 Å². The van der Waals surface area contributed by atoms with Crippen LogP contribution in [0.15, 0.2) is 36.7 Å². The van der Waals surface area contributed by atoms with E-state index in [2.05, 4.69) is 57.1 Å². The van der Waals surface area contributed by atoms with Crippen molar-refractivity contribution in [3.63, 3.8) is 0 Å². The molecule has 1 unspecified atom stereocenters. The molecule has 2 aliphatic rings. The van der Waals surface area contributed by atoms with Crippen LogP contribution in [-0.2, 0) is 12.8 Å². The summed E-state index contributed by atoms with van der Waals surface area (Å²) in [6.07, 6.45) is 5.10. The number of rotatable bonds is 2. The van der Waals surface area contributed by atoms with E-state index in [0.717, 1.165) is 39.0 Å². The minimum Gasteiger partial charge on any atom is -0.354 e. The Morgan fingerprint density at radius 2 is 1.78 bits per heavy atom. The van der Waals surface area contributed by atoms with Gasteiger partial charge in [0, 0.05) is 37.4 Å². The van der Waals surface area contributed by atoms with Gasteiger partial charge in [0.05, 0.1) is 0 Å². The summed E-state index contributed by atoms with van der Waals surface area (Å²) in [7, 11) is 2.19. The molecule has 0 amide bonds. The molecule has 0 spiro atoms. The van der Waals surface area contributed by atoms with Crippen LogP contribution >= 0.6 is 0 Å². The van der Waals surface area contributed by atoms with Gasteiger partial charge in [0.15, 0.2) is 0 Å². The monoisotopic (exact) mass is 308 g/mol. The van der Waals surface area contributed by atoms with Gasteiger partial charge in [-0.05, 0) is 37.8 Å². The van der Waals surface area contributed by atoms with Crippen LogP contribution in [0.2, 0.25) is 0 Å². The molecular formula is C19H24N4. The first-order valence-corrected chi connectivity index (χ1v) is 8.62. The van der Waals surface area contributed by atoms with E-state index >= 15 is 0 Å². The van der Waals surface area contributed by atoms with E-state index in [0.29, 0.717) is 5.92 Å². The van der Waals surface area contributed by atoms with Crippen LogP contribution in [0.5, 0.6) is 0 Å². The largest absolute Gasteiger partial charge is 0.354 e. The van der Waals surface area contributed by atoms with Gasteiger partial charge in [-0.1, -0.05) is 30.3 Å². The van der Waals surface area contributed by atoms with Gasteiger partial charge in [0.1, 0.15) is 12.1 Å². The predicted octanol–water partition coefficient (Wildman–Crippen LogP) is 2.50. The average molecular weight is 308 g/mol. The van der Waals surface area contributed by atoms with Crippen molar-refractivity contribution in [2.45, 2.75) is 25.2 Å². The minimum absolute atomic E-state index is 0.596. The van der Waals surface area contributed by atoms with E-state index in [9.17, 15) is 0 Å². The number of hydrogen-bond acceptors (Lipinski definition) is 4. The zero-order chi connectivity index (χ0) is 15.6. The van der Waals surface area contributed by atoms with Gasteiger partial charge in [0.25, 0.3) is 0 Å². The van der Waals surface area contributed by atoms with Gasteiger partial charge in [-0.2, -0.15) is 0 Å². The fourth-order valence-electron chi connectivity index (χ4n) is 3.82. The molecule has 2 heterocycles. The Balaban J connectivity index is 1.58. The normalized spacial score (nSPS) is 22.0. The van der Waals surface area contributed by atoms with Crippen molar-refractivity contribution in [2.75, 3.05) is 38.1 Å². The molecule has 4 rings (SSSR count). The zero-order valence-electron chi connectivity index (χ0n) is 13.8. The maximum absolute atomic E-state index is 4.63. The smallest absolute Gasteiger partial charge is 0.135 e. The number of nitrogens with zero attached hydrogens (tertiary/aromatic N) is 4. The number of aromatic nitrogens is 2. The van der Waals surface area contributed by atoms with Crippen LogP contribution in [-0.4, -0.2) is 48.1 Å². The molecule has 0 radical (unpaired) electrons. The Morgan fingerprint density at radius 1 is 1.00 bits per heavy atom. The number of piperazine rings is 1. The molecule has 2 aromatic rings. The molecule has 1 aromatic heterocycles. The van der Waals surface area contributed by atoms with E-state index < -0.39 is 0 Å². The molecule has 0 bridgehead atoms. The lowest BCUT2D eigenvalue weighted by Crippen LogP contribution is -2.45. The molecule has 1 aliphatic carbocycles. The van der Waals surface area contributed by atoms with Crippen molar-refractivity contribution in [1.29, 1.82) is 0 Å². The second-order valence-electron chi connectivity index (χ2n) is 6.76. The van der Waals surface area contributed by atoms with Crippen LogP contribution in [0.25, 0.3) is 0 Å². The summed E-state index contributed by atoms with van der Waals surface area (Å²) < 4.78 is 0. The second-order valence-corrected chi connectivity index (χ2v) is 6.76. The fraction of sp³-hybridized carbons (Fsp3) is 0.474. The highest BCUT2D eigenvalue weighted by Crippen LogP contribution is 2.35.